The van der Waals surface area contributed by atoms with Crippen LogP contribution in [0.2, 0.25) is 0 Å². The molecule has 0 radical (unpaired) electrons. The summed E-state index contributed by atoms with van der Waals surface area (Å²) < 4.78 is 2.09. The van der Waals surface area contributed by atoms with E-state index in [2.05, 4.69) is 57.0 Å². The van der Waals surface area contributed by atoms with Crippen LogP contribution in [0.25, 0.3) is 0 Å². The predicted molar refractivity (Wildman–Crippen MR) is 135 cm³/mol. The van der Waals surface area contributed by atoms with Crippen molar-refractivity contribution < 1.29 is 0 Å². The minimum atomic E-state index is 0.0865. The number of anilines is 6. The Kier molecular flexibility index (Phi) is 6.53. The third-order valence-electron chi connectivity index (χ3n) is 5.44. The highest BCUT2D eigenvalue weighted by Crippen LogP contribution is 2.17. The van der Waals surface area contributed by atoms with Crippen molar-refractivity contribution in [2.24, 2.45) is 0 Å². The molecule has 0 saturated carbocycles. The molecule has 0 aliphatic rings. The fourth-order valence-corrected chi connectivity index (χ4v) is 3.61. The van der Waals surface area contributed by atoms with E-state index in [9.17, 15) is 0 Å². The number of H-pyrrole nitrogens is 1. The van der Waals surface area contributed by atoms with Gasteiger partial charge in [-0.2, -0.15) is 29.9 Å². The minimum absolute atomic E-state index is 0.0865. The lowest BCUT2D eigenvalue weighted by Crippen LogP contribution is -2.25. The van der Waals surface area contributed by atoms with E-state index in [-0.39, 0.29) is 17.8 Å². The van der Waals surface area contributed by atoms with Crippen molar-refractivity contribution in [2.75, 3.05) is 46.4 Å². The summed E-state index contributed by atoms with van der Waals surface area (Å²) in [6, 6.07) is 4.10. The predicted octanol–water partition coefficient (Wildman–Crippen LogP) is 0.892. The van der Waals surface area contributed by atoms with E-state index in [4.69, 9.17) is 17.2 Å². The molecule has 8 N–H and O–H groups in total. The molecule has 0 spiro atoms. The van der Waals surface area contributed by atoms with Crippen molar-refractivity contribution in [3.63, 3.8) is 0 Å². The number of hydrogen-bond acceptors (Lipinski definition) is 12. The minimum Gasteiger partial charge on any atom is -0.368 e. The van der Waals surface area contributed by atoms with Crippen LogP contribution in [0.4, 0.5) is 35.7 Å². The zero-order valence-electron chi connectivity index (χ0n) is 20.2. The van der Waals surface area contributed by atoms with Crippen LogP contribution < -0.4 is 32.3 Å². The van der Waals surface area contributed by atoms with Crippen molar-refractivity contribution in [1.82, 2.24) is 39.5 Å². The number of hydrogen-bond donors (Lipinski definition) is 5. The number of aromatic nitrogens is 8. The molecule has 0 bridgehead atoms. The average molecular weight is 479 g/mol. The van der Waals surface area contributed by atoms with Gasteiger partial charge < -0.3 is 41.9 Å². The van der Waals surface area contributed by atoms with E-state index in [0.29, 0.717) is 37.6 Å². The first-order chi connectivity index (χ1) is 16.7. The maximum atomic E-state index is 5.95. The monoisotopic (exact) mass is 478 g/mol. The Morgan fingerprint density at radius 3 is 2.23 bits per heavy atom. The molecule has 0 aliphatic carbocycles. The van der Waals surface area contributed by atoms with Crippen molar-refractivity contribution in [3.8, 4) is 0 Å². The van der Waals surface area contributed by atoms with Crippen LogP contribution in [-0.2, 0) is 19.8 Å². The summed E-state index contributed by atoms with van der Waals surface area (Å²) >= 11 is 0. The van der Waals surface area contributed by atoms with Gasteiger partial charge in [0.1, 0.15) is 0 Å². The average Bonchev–Trinajstić information content (AvgIpc) is 3.35. The zero-order valence-corrected chi connectivity index (χ0v) is 20.2. The molecule has 4 aromatic heterocycles. The normalized spacial score (nSPS) is 11.0. The first-order valence-electron chi connectivity index (χ1n) is 10.9. The smallest absolute Gasteiger partial charge is 0.233 e. The van der Waals surface area contributed by atoms with Crippen molar-refractivity contribution >= 4 is 35.7 Å². The zero-order chi connectivity index (χ0) is 25.1. The third kappa shape index (κ3) is 5.66. The SMILES string of the molecule is Cc1[nH]ccc1CNc1nc(N)nc(N(C)Cn2cc(CN(C)c3nc(N)nc(N)n3)cc2C)n1. The molecule has 184 valence electrons. The number of aromatic amines is 1. The lowest BCUT2D eigenvalue weighted by Gasteiger charge is -2.20. The highest BCUT2D eigenvalue weighted by Gasteiger charge is 2.14. The largest absolute Gasteiger partial charge is 0.368 e. The van der Waals surface area contributed by atoms with Crippen molar-refractivity contribution in [2.45, 2.75) is 33.6 Å². The summed E-state index contributed by atoms with van der Waals surface area (Å²) in [6.07, 6.45) is 3.95. The van der Waals surface area contributed by atoms with Crippen LogP contribution >= 0.6 is 0 Å². The molecule has 4 rings (SSSR count). The Morgan fingerprint density at radius 2 is 1.57 bits per heavy atom. The Bertz CT molecular complexity index is 1290. The molecule has 0 unspecified atom stereocenters. The second-order valence-corrected chi connectivity index (χ2v) is 8.31. The van der Waals surface area contributed by atoms with Crippen LogP contribution in [0, 0.1) is 13.8 Å². The first-order valence-corrected chi connectivity index (χ1v) is 10.9. The van der Waals surface area contributed by atoms with E-state index < -0.39 is 0 Å². The number of nitrogens with zero attached hydrogens (tertiary/aromatic N) is 9. The van der Waals surface area contributed by atoms with Crippen molar-refractivity contribution in [1.29, 1.82) is 0 Å². The van der Waals surface area contributed by atoms with E-state index in [0.717, 1.165) is 22.5 Å². The summed E-state index contributed by atoms with van der Waals surface area (Å²) in [5.74, 6) is 1.62. The molecule has 0 saturated heterocycles. The number of aryl methyl sites for hydroxylation is 2. The standard InChI is InChI=1S/C21H30N14/c1-12-7-14(9-33(3)20-29-16(22)27-17(23)30-20)10-35(12)11-34(4)21-31-18(24)28-19(32-21)26-8-15-5-6-25-13(15)2/h5-7,10,25H,8-9,11H2,1-4H3,(H4,22,23,27,29,30)(H3,24,26,28,31,32). The Morgan fingerprint density at radius 1 is 0.914 bits per heavy atom. The van der Waals surface area contributed by atoms with Gasteiger partial charge in [-0.05, 0) is 37.1 Å². The van der Waals surface area contributed by atoms with Gasteiger partial charge in [-0.15, -0.1) is 0 Å². The lowest BCUT2D eigenvalue weighted by atomic mass is 10.2. The van der Waals surface area contributed by atoms with Gasteiger partial charge in [0, 0.05) is 51.0 Å². The van der Waals surface area contributed by atoms with Gasteiger partial charge in [0.05, 0.1) is 6.67 Å². The number of nitrogens with two attached hydrogens (primary N) is 3. The van der Waals surface area contributed by atoms with Gasteiger partial charge in [-0.3, -0.25) is 0 Å². The van der Waals surface area contributed by atoms with E-state index in [1.807, 2.05) is 50.0 Å². The molecule has 0 atom stereocenters. The van der Waals surface area contributed by atoms with Gasteiger partial charge in [0.25, 0.3) is 0 Å². The summed E-state index contributed by atoms with van der Waals surface area (Å²) in [5, 5.41) is 3.21. The first kappa shape index (κ1) is 23.5. The maximum absolute atomic E-state index is 5.95. The van der Waals surface area contributed by atoms with Crippen LogP contribution in [0.15, 0.2) is 24.5 Å². The molecule has 35 heavy (non-hydrogen) atoms. The second-order valence-electron chi connectivity index (χ2n) is 8.31. The molecule has 0 aromatic carbocycles. The van der Waals surface area contributed by atoms with E-state index >= 15 is 0 Å². The molecule has 4 aromatic rings. The Labute approximate surface area is 202 Å². The highest BCUT2D eigenvalue weighted by atomic mass is 15.3. The molecule has 14 heteroatoms. The highest BCUT2D eigenvalue weighted by molar-refractivity contribution is 5.42. The summed E-state index contributed by atoms with van der Waals surface area (Å²) in [4.78, 5) is 32.1. The van der Waals surface area contributed by atoms with Gasteiger partial charge in [0.2, 0.25) is 35.7 Å². The number of rotatable bonds is 9. The Hall–Kier alpha value is -4.62. The lowest BCUT2D eigenvalue weighted by molar-refractivity contribution is 0.654. The maximum Gasteiger partial charge on any atom is 0.233 e. The number of nitrogens with one attached hydrogen (secondary N) is 2. The fraction of sp³-hybridized carbons (Fsp3) is 0.333. The van der Waals surface area contributed by atoms with Crippen LogP contribution in [0.3, 0.4) is 0 Å². The molecule has 0 fully saturated rings. The third-order valence-corrected chi connectivity index (χ3v) is 5.44. The molecule has 0 amide bonds. The van der Waals surface area contributed by atoms with Gasteiger partial charge >= 0.3 is 0 Å². The molecule has 4 heterocycles. The molecule has 0 aliphatic heterocycles. The topological polar surface area (TPSA) is 195 Å². The Balaban J connectivity index is 1.44. The summed E-state index contributed by atoms with van der Waals surface area (Å²) in [5.41, 5.74) is 21.7. The summed E-state index contributed by atoms with van der Waals surface area (Å²) in [6.45, 7) is 5.70. The quantitative estimate of drug-likeness (QED) is 0.228. The molecule has 14 nitrogen and oxygen atoms in total. The van der Waals surface area contributed by atoms with Crippen molar-refractivity contribution in [3.05, 3.63) is 47.0 Å². The van der Waals surface area contributed by atoms with Gasteiger partial charge in [0.15, 0.2) is 0 Å². The van der Waals surface area contributed by atoms with Crippen LogP contribution in [-0.4, -0.2) is 53.6 Å². The summed E-state index contributed by atoms with van der Waals surface area (Å²) in [7, 11) is 3.76. The number of nitrogen functional groups attached to an aromatic ring is 3. The fourth-order valence-electron chi connectivity index (χ4n) is 3.61. The van der Waals surface area contributed by atoms with Crippen LogP contribution in [0.5, 0.6) is 0 Å². The van der Waals surface area contributed by atoms with E-state index in [1.54, 1.807) is 0 Å². The van der Waals surface area contributed by atoms with Gasteiger partial charge in [-0.25, -0.2) is 0 Å². The molecular formula is C21H30N14. The van der Waals surface area contributed by atoms with Crippen LogP contribution in [0.1, 0.15) is 22.5 Å². The second kappa shape index (κ2) is 9.70. The van der Waals surface area contributed by atoms with Gasteiger partial charge in [-0.1, -0.05) is 0 Å². The molecular weight excluding hydrogens is 448 g/mol. The van der Waals surface area contributed by atoms with E-state index in [1.165, 1.54) is 0 Å².